The van der Waals surface area contributed by atoms with Crippen molar-refractivity contribution in [2.24, 2.45) is 0 Å². The SMILES string of the molecule is COCCN1C(=O)c2ccccc2[C@@H](C(=O)N[C@H](C)c2ccccc2)C12CCCCC2. The molecule has 0 radical (unpaired) electrons. The molecule has 5 heteroatoms. The third-order valence-electron chi connectivity index (χ3n) is 6.98. The predicted molar refractivity (Wildman–Crippen MR) is 121 cm³/mol. The van der Waals surface area contributed by atoms with E-state index in [-0.39, 0.29) is 23.8 Å². The largest absolute Gasteiger partial charge is 0.383 e. The topological polar surface area (TPSA) is 58.6 Å². The molecule has 2 aliphatic rings. The van der Waals surface area contributed by atoms with Crippen molar-refractivity contribution in [3.63, 3.8) is 0 Å². The Labute approximate surface area is 184 Å². The summed E-state index contributed by atoms with van der Waals surface area (Å²) < 4.78 is 5.34. The van der Waals surface area contributed by atoms with Gasteiger partial charge in [0.1, 0.15) is 0 Å². The fourth-order valence-electron chi connectivity index (χ4n) is 5.47. The van der Waals surface area contributed by atoms with E-state index in [2.05, 4.69) is 5.32 Å². The fraction of sp³-hybridized carbons (Fsp3) is 0.462. The van der Waals surface area contributed by atoms with Gasteiger partial charge in [0.2, 0.25) is 5.91 Å². The molecule has 2 aromatic rings. The van der Waals surface area contributed by atoms with Crippen molar-refractivity contribution in [3.05, 3.63) is 71.3 Å². The number of ether oxygens (including phenoxy) is 1. The van der Waals surface area contributed by atoms with Crippen molar-refractivity contribution in [1.29, 1.82) is 0 Å². The first-order valence-corrected chi connectivity index (χ1v) is 11.3. The summed E-state index contributed by atoms with van der Waals surface area (Å²) in [6, 6.07) is 17.6. The first-order valence-electron chi connectivity index (χ1n) is 11.3. The lowest BCUT2D eigenvalue weighted by Gasteiger charge is -2.53. The molecule has 1 aliphatic carbocycles. The maximum Gasteiger partial charge on any atom is 0.254 e. The molecule has 164 valence electrons. The second-order valence-electron chi connectivity index (χ2n) is 8.78. The van der Waals surface area contributed by atoms with Crippen molar-refractivity contribution in [1.82, 2.24) is 10.2 Å². The summed E-state index contributed by atoms with van der Waals surface area (Å²) in [6.45, 7) is 2.98. The van der Waals surface area contributed by atoms with Crippen molar-refractivity contribution >= 4 is 11.8 Å². The van der Waals surface area contributed by atoms with Crippen LogP contribution in [0.2, 0.25) is 0 Å². The minimum absolute atomic E-state index is 0.000574. The molecule has 1 heterocycles. The zero-order chi connectivity index (χ0) is 21.8. The normalized spacial score (nSPS) is 20.9. The van der Waals surface area contributed by atoms with Crippen LogP contribution in [-0.4, -0.2) is 42.5 Å². The molecular weight excluding hydrogens is 388 g/mol. The molecule has 5 nitrogen and oxygen atoms in total. The van der Waals surface area contributed by atoms with Gasteiger partial charge in [-0.2, -0.15) is 0 Å². The number of fused-ring (bicyclic) bond motifs is 1. The zero-order valence-electron chi connectivity index (χ0n) is 18.5. The molecule has 0 bridgehead atoms. The van der Waals surface area contributed by atoms with Crippen LogP contribution in [0.4, 0.5) is 0 Å². The number of hydrogen-bond acceptors (Lipinski definition) is 3. The van der Waals surface area contributed by atoms with Crippen LogP contribution in [0.25, 0.3) is 0 Å². The average Bonchev–Trinajstić information content (AvgIpc) is 2.80. The second-order valence-corrected chi connectivity index (χ2v) is 8.78. The number of nitrogens with zero attached hydrogens (tertiary/aromatic N) is 1. The minimum Gasteiger partial charge on any atom is -0.383 e. The van der Waals surface area contributed by atoms with Gasteiger partial charge in [-0.25, -0.2) is 0 Å². The van der Waals surface area contributed by atoms with Gasteiger partial charge in [-0.1, -0.05) is 67.8 Å². The highest BCUT2D eigenvalue weighted by molar-refractivity contribution is 6.02. The smallest absolute Gasteiger partial charge is 0.254 e. The van der Waals surface area contributed by atoms with Gasteiger partial charge in [0.15, 0.2) is 0 Å². The molecule has 1 fully saturated rings. The van der Waals surface area contributed by atoms with Crippen LogP contribution >= 0.6 is 0 Å². The minimum atomic E-state index is -0.497. The van der Waals surface area contributed by atoms with Gasteiger partial charge in [0, 0.05) is 19.2 Å². The molecule has 2 aromatic carbocycles. The van der Waals surface area contributed by atoms with Crippen molar-refractivity contribution < 1.29 is 14.3 Å². The Kier molecular flexibility index (Phi) is 6.42. The standard InChI is InChI=1S/C26H32N2O3/c1-19(20-11-5-3-6-12-20)27-24(29)23-21-13-7-8-14-22(21)25(30)28(17-18-31-2)26(23)15-9-4-10-16-26/h3,5-8,11-14,19,23H,4,9-10,15-18H2,1-2H3,(H,27,29)/t19-,23+/m1/s1. The Hall–Kier alpha value is -2.66. The van der Waals surface area contributed by atoms with Crippen LogP contribution in [-0.2, 0) is 9.53 Å². The van der Waals surface area contributed by atoms with Crippen molar-refractivity contribution in [3.8, 4) is 0 Å². The average molecular weight is 421 g/mol. The lowest BCUT2D eigenvalue weighted by atomic mass is 9.65. The van der Waals surface area contributed by atoms with E-state index >= 15 is 0 Å². The molecule has 4 rings (SSSR count). The molecule has 1 N–H and O–H groups in total. The van der Waals surface area contributed by atoms with Gasteiger partial charge in [0.25, 0.3) is 5.91 Å². The lowest BCUT2D eigenvalue weighted by molar-refractivity contribution is -0.128. The first-order chi connectivity index (χ1) is 15.1. The Morgan fingerprint density at radius 1 is 1.10 bits per heavy atom. The Bertz CT molecular complexity index is 921. The highest BCUT2D eigenvalue weighted by atomic mass is 16.5. The number of hydrogen-bond donors (Lipinski definition) is 1. The summed E-state index contributed by atoms with van der Waals surface area (Å²) in [4.78, 5) is 29.4. The summed E-state index contributed by atoms with van der Waals surface area (Å²) in [7, 11) is 1.65. The number of amides is 2. The van der Waals surface area contributed by atoms with Gasteiger partial charge >= 0.3 is 0 Å². The number of benzene rings is 2. The maximum atomic E-state index is 13.9. The van der Waals surface area contributed by atoms with E-state index in [1.165, 1.54) is 0 Å². The Morgan fingerprint density at radius 2 is 1.77 bits per heavy atom. The van der Waals surface area contributed by atoms with Gasteiger partial charge in [-0.15, -0.1) is 0 Å². The zero-order valence-corrected chi connectivity index (χ0v) is 18.5. The van der Waals surface area contributed by atoms with Gasteiger partial charge in [-0.05, 0) is 37.0 Å². The van der Waals surface area contributed by atoms with Crippen LogP contribution in [0.5, 0.6) is 0 Å². The molecule has 0 unspecified atom stereocenters. The number of rotatable bonds is 6. The summed E-state index contributed by atoms with van der Waals surface area (Å²) in [5, 5.41) is 3.26. The molecule has 1 spiro atoms. The van der Waals surface area contributed by atoms with Crippen LogP contribution < -0.4 is 5.32 Å². The van der Waals surface area contributed by atoms with E-state index in [0.717, 1.165) is 43.2 Å². The van der Waals surface area contributed by atoms with Gasteiger partial charge in [-0.3, -0.25) is 9.59 Å². The van der Waals surface area contributed by atoms with Crippen molar-refractivity contribution in [2.75, 3.05) is 20.3 Å². The van der Waals surface area contributed by atoms with E-state index in [0.29, 0.717) is 18.7 Å². The molecule has 0 aromatic heterocycles. The Morgan fingerprint density at radius 3 is 2.48 bits per heavy atom. The number of carbonyl (C=O) groups is 2. The quantitative estimate of drug-likeness (QED) is 0.751. The van der Waals surface area contributed by atoms with Crippen LogP contribution in [0.3, 0.4) is 0 Å². The molecule has 1 aliphatic heterocycles. The lowest BCUT2D eigenvalue weighted by Crippen LogP contribution is -2.63. The maximum absolute atomic E-state index is 13.9. The fourth-order valence-corrected chi connectivity index (χ4v) is 5.47. The second kappa shape index (κ2) is 9.23. The number of nitrogens with one attached hydrogen (secondary N) is 1. The highest BCUT2D eigenvalue weighted by Crippen LogP contribution is 2.49. The highest BCUT2D eigenvalue weighted by Gasteiger charge is 2.54. The molecule has 2 atom stereocenters. The van der Waals surface area contributed by atoms with Gasteiger partial charge in [0.05, 0.1) is 24.1 Å². The molecule has 0 saturated heterocycles. The van der Waals surface area contributed by atoms with Gasteiger partial charge < -0.3 is 15.0 Å². The summed E-state index contributed by atoms with van der Waals surface area (Å²) in [6.07, 6.45) is 4.88. The van der Waals surface area contributed by atoms with Crippen LogP contribution in [0.15, 0.2) is 54.6 Å². The summed E-state index contributed by atoms with van der Waals surface area (Å²) in [5.74, 6) is -0.361. The summed E-state index contributed by atoms with van der Waals surface area (Å²) in [5.41, 5.74) is 2.08. The third-order valence-corrected chi connectivity index (χ3v) is 6.98. The van der Waals surface area contributed by atoms with E-state index in [9.17, 15) is 9.59 Å². The summed E-state index contributed by atoms with van der Waals surface area (Å²) >= 11 is 0. The molecule has 2 amide bonds. The third kappa shape index (κ3) is 3.99. The number of methoxy groups -OCH3 is 1. The van der Waals surface area contributed by atoms with Crippen LogP contribution in [0.1, 0.15) is 72.5 Å². The number of carbonyl (C=O) groups excluding carboxylic acids is 2. The molecular formula is C26H32N2O3. The molecule has 1 saturated carbocycles. The van der Waals surface area contributed by atoms with E-state index in [1.54, 1.807) is 7.11 Å². The Balaban J connectivity index is 1.75. The van der Waals surface area contributed by atoms with E-state index in [1.807, 2.05) is 66.4 Å². The predicted octanol–water partition coefficient (Wildman–Crippen LogP) is 4.45. The first kappa shape index (κ1) is 21.6. The monoisotopic (exact) mass is 420 g/mol. The van der Waals surface area contributed by atoms with Crippen molar-refractivity contribution in [2.45, 2.75) is 56.5 Å². The van der Waals surface area contributed by atoms with E-state index < -0.39 is 5.54 Å². The van der Waals surface area contributed by atoms with Crippen LogP contribution in [0, 0.1) is 0 Å². The molecule has 31 heavy (non-hydrogen) atoms. The van der Waals surface area contributed by atoms with E-state index in [4.69, 9.17) is 4.74 Å².